The van der Waals surface area contributed by atoms with Crippen LogP contribution in [0.5, 0.6) is 0 Å². The molecule has 4 aromatic rings. The first-order valence-electron chi connectivity index (χ1n) is 17.3. The number of aryl methyl sites for hydroxylation is 1. The van der Waals surface area contributed by atoms with Gasteiger partial charge in [0.1, 0.15) is 0 Å². The molecule has 2 amide bonds. The van der Waals surface area contributed by atoms with Crippen molar-refractivity contribution in [3.63, 3.8) is 0 Å². The van der Waals surface area contributed by atoms with E-state index >= 15 is 0 Å². The van der Waals surface area contributed by atoms with Gasteiger partial charge < -0.3 is 10.6 Å². The van der Waals surface area contributed by atoms with Gasteiger partial charge >= 0.3 is 0 Å². The zero-order valence-electron chi connectivity index (χ0n) is 27.4. The molecular formula is C41H40Cl4N2O2. The summed E-state index contributed by atoms with van der Waals surface area (Å²) in [6.07, 6.45) is 3.81. The van der Waals surface area contributed by atoms with E-state index in [0.29, 0.717) is 23.7 Å². The zero-order chi connectivity index (χ0) is 34.2. The van der Waals surface area contributed by atoms with Crippen LogP contribution in [0.2, 0.25) is 20.1 Å². The van der Waals surface area contributed by atoms with Gasteiger partial charge in [-0.2, -0.15) is 0 Å². The Bertz CT molecular complexity index is 1830. The molecule has 8 heteroatoms. The zero-order valence-corrected chi connectivity index (χ0v) is 30.4. The molecule has 2 N–H and O–H groups in total. The third-order valence-electron chi connectivity index (χ3n) is 11.5. The molecule has 8 rings (SSSR count). The third kappa shape index (κ3) is 7.00. The number of amides is 2. The SMILES string of the molecule is Cc1ccc(C2CCC3C(=O)NCC3C2c2ccc(Cl)cc2)c(Cl)c1.O=C1NCC2C1CCC(c1ccccc1Cl)C2c1ccc(Cl)cc1. The molecule has 2 aliphatic heterocycles. The van der Waals surface area contributed by atoms with Crippen molar-refractivity contribution in [3.8, 4) is 0 Å². The summed E-state index contributed by atoms with van der Waals surface area (Å²) in [7, 11) is 0. The van der Waals surface area contributed by atoms with E-state index in [4.69, 9.17) is 46.4 Å². The summed E-state index contributed by atoms with van der Waals surface area (Å²) in [6.45, 7) is 3.55. The number of hydrogen-bond donors (Lipinski definition) is 2. The van der Waals surface area contributed by atoms with Crippen LogP contribution in [-0.2, 0) is 9.59 Å². The maximum atomic E-state index is 12.2. The summed E-state index contributed by atoms with van der Waals surface area (Å²) in [5.74, 6) is 2.46. The number of halogens is 4. The Morgan fingerprint density at radius 3 is 1.45 bits per heavy atom. The third-order valence-corrected chi connectivity index (χ3v) is 12.6. The van der Waals surface area contributed by atoms with E-state index in [2.05, 4.69) is 60.0 Å². The molecule has 0 aromatic heterocycles. The van der Waals surface area contributed by atoms with Crippen molar-refractivity contribution in [1.29, 1.82) is 0 Å². The van der Waals surface area contributed by atoms with Crippen LogP contribution in [0.3, 0.4) is 0 Å². The first-order valence-corrected chi connectivity index (χ1v) is 18.8. The molecule has 254 valence electrons. The minimum Gasteiger partial charge on any atom is -0.356 e. The standard InChI is InChI=1S/C21H21Cl2NO.C20H19Cl2NO/c1-12-2-7-15(19(23)10-12)16-8-9-17-18(11-24-21(17)25)20(16)13-3-5-14(22)6-4-13;21-13-7-5-12(6-8-13)19-15(14-3-1-2-4-18(14)22)9-10-16-17(19)11-23-20(16)24/h2-7,10,16-18,20H,8-9,11H2,1H3,(H,24,25);1-8,15-17,19H,9-11H2,(H,23,24). The van der Waals surface area contributed by atoms with Crippen LogP contribution in [0.25, 0.3) is 0 Å². The van der Waals surface area contributed by atoms with Gasteiger partial charge in [-0.05, 0) is 132 Å². The lowest BCUT2D eigenvalue weighted by Gasteiger charge is -2.40. The van der Waals surface area contributed by atoms with E-state index in [1.54, 1.807) is 0 Å². The number of rotatable bonds is 4. The van der Waals surface area contributed by atoms with Gasteiger partial charge in [0, 0.05) is 45.0 Å². The van der Waals surface area contributed by atoms with Crippen LogP contribution in [0, 0.1) is 30.6 Å². The van der Waals surface area contributed by atoms with Gasteiger partial charge in [-0.25, -0.2) is 0 Å². The second kappa shape index (κ2) is 14.7. The van der Waals surface area contributed by atoms with E-state index in [-0.39, 0.29) is 35.5 Å². The molecule has 4 fully saturated rings. The van der Waals surface area contributed by atoms with Gasteiger partial charge in [0.25, 0.3) is 0 Å². The van der Waals surface area contributed by atoms with Gasteiger partial charge in [0.05, 0.1) is 0 Å². The fourth-order valence-electron chi connectivity index (χ4n) is 9.23. The van der Waals surface area contributed by atoms with Crippen LogP contribution < -0.4 is 10.6 Å². The molecular weight excluding hydrogens is 694 g/mol. The summed E-state index contributed by atoms with van der Waals surface area (Å²) < 4.78 is 0. The number of hydrogen-bond acceptors (Lipinski definition) is 2. The Kier molecular flexibility index (Phi) is 10.3. The van der Waals surface area contributed by atoms with Crippen molar-refractivity contribution >= 4 is 58.2 Å². The van der Waals surface area contributed by atoms with Gasteiger partial charge in [0.2, 0.25) is 11.8 Å². The molecule has 0 radical (unpaired) electrons. The topological polar surface area (TPSA) is 58.2 Å². The van der Waals surface area contributed by atoms with Gasteiger partial charge in [-0.15, -0.1) is 0 Å². The monoisotopic (exact) mass is 732 g/mol. The molecule has 0 bridgehead atoms. The molecule has 4 aliphatic rings. The summed E-state index contributed by atoms with van der Waals surface area (Å²) in [6, 6.07) is 30.6. The molecule has 2 saturated carbocycles. The molecule has 4 nitrogen and oxygen atoms in total. The summed E-state index contributed by atoms with van der Waals surface area (Å²) >= 11 is 25.3. The lowest BCUT2D eigenvalue weighted by molar-refractivity contribution is -0.124. The van der Waals surface area contributed by atoms with E-state index in [9.17, 15) is 9.59 Å². The van der Waals surface area contributed by atoms with Gasteiger partial charge in [-0.1, -0.05) is 101 Å². The molecule has 8 atom stereocenters. The second-order valence-electron chi connectivity index (χ2n) is 14.1. The first kappa shape index (κ1) is 34.4. The highest BCUT2D eigenvalue weighted by Crippen LogP contribution is 2.54. The fraction of sp³-hybridized carbons (Fsp3) is 0.366. The Morgan fingerprint density at radius 1 is 0.531 bits per heavy atom. The number of fused-ring (bicyclic) bond motifs is 2. The van der Waals surface area contributed by atoms with Crippen LogP contribution in [-0.4, -0.2) is 24.9 Å². The van der Waals surface area contributed by atoms with Gasteiger partial charge in [-0.3, -0.25) is 9.59 Å². The van der Waals surface area contributed by atoms with Crippen molar-refractivity contribution in [2.45, 2.75) is 56.3 Å². The van der Waals surface area contributed by atoms with E-state index in [0.717, 1.165) is 58.9 Å². The largest absolute Gasteiger partial charge is 0.356 e. The van der Waals surface area contributed by atoms with E-state index < -0.39 is 0 Å². The molecule has 2 saturated heterocycles. The highest BCUT2D eigenvalue weighted by Gasteiger charge is 2.48. The number of nitrogens with one attached hydrogen (secondary N) is 2. The molecule has 4 aromatic carbocycles. The quantitative estimate of drug-likeness (QED) is 0.219. The van der Waals surface area contributed by atoms with E-state index in [1.807, 2.05) is 48.5 Å². The minimum absolute atomic E-state index is 0.112. The van der Waals surface area contributed by atoms with Crippen molar-refractivity contribution in [2.24, 2.45) is 23.7 Å². The Morgan fingerprint density at radius 2 is 0.980 bits per heavy atom. The molecule has 2 aliphatic carbocycles. The van der Waals surface area contributed by atoms with Crippen LogP contribution in [0.1, 0.15) is 77.2 Å². The van der Waals surface area contributed by atoms with Crippen molar-refractivity contribution in [3.05, 3.63) is 139 Å². The number of carbonyl (C=O) groups excluding carboxylic acids is 2. The summed E-state index contributed by atoms with van der Waals surface area (Å²) in [5, 5.41) is 9.26. The average Bonchev–Trinajstić information content (AvgIpc) is 3.67. The first-order chi connectivity index (χ1) is 23.7. The maximum Gasteiger partial charge on any atom is 0.223 e. The highest BCUT2D eigenvalue weighted by atomic mass is 35.5. The van der Waals surface area contributed by atoms with Crippen molar-refractivity contribution in [1.82, 2.24) is 10.6 Å². The van der Waals surface area contributed by atoms with E-state index in [1.165, 1.54) is 27.8 Å². The second-order valence-corrected chi connectivity index (χ2v) is 15.8. The predicted molar refractivity (Wildman–Crippen MR) is 200 cm³/mol. The molecule has 49 heavy (non-hydrogen) atoms. The Balaban J connectivity index is 0.000000154. The Labute approximate surface area is 308 Å². The Hall–Kier alpha value is -3.02. The molecule has 2 heterocycles. The highest BCUT2D eigenvalue weighted by molar-refractivity contribution is 6.32. The van der Waals surface area contributed by atoms with Crippen LogP contribution >= 0.6 is 46.4 Å². The minimum atomic E-state index is 0.112. The normalized spacial score (nSPS) is 28.8. The van der Waals surface area contributed by atoms with Crippen LogP contribution in [0.4, 0.5) is 0 Å². The predicted octanol–water partition coefficient (Wildman–Crippen LogP) is 10.3. The van der Waals surface area contributed by atoms with Crippen LogP contribution in [0.15, 0.2) is 91.0 Å². The summed E-state index contributed by atoms with van der Waals surface area (Å²) in [5.41, 5.74) is 6.05. The van der Waals surface area contributed by atoms with Gasteiger partial charge in [0.15, 0.2) is 0 Å². The molecule has 0 spiro atoms. The summed E-state index contributed by atoms with van der Waals surface area (Å²) in [4.78, 5) is 24.4. The lowest BCUT2D eigenvalue weighted by Crippen LogP contribution is -2.32. The number of carbonyl (C=O) groups is 2. The number of benzene rings is 4. The lowest BCUT2D eigenvalue weighted by atomic mass is 9.63. The average molecular weight is 735 g/mol. The smallest absolute Gasteiger partial charge is 0.223 e. The van der Waals surface area contributed by atoms with Crippen molar-refractivity contribution < 1.29 is 9.59 Å². The molecule has 8 unspecified atom stereocenters. The maximum absolute atomic E-state index is 12.2. The fourth-order valence-corrected chi connectivity index (χ4v) is 10.1. The van der Waals surface area contributed by atoms with Crippen molar-refractivity contribution in [2.75, 3.05) is 13.1 Å².